The Morgan fingerprint density at radius 2 is 1.81 bits per heavy atom. The molecule has 1 aromatic heterocycles. The highest BCUT2D eigenvalue weighted by Gasteiger charge is 2.04. The van der Waals surface area contributed by atoms with Crippen LogP contribution in [0.25, 0.3) is 0 Å². The molecule has 0 aliphatic rings. The maximum atomic E-state index is 11.9. The van der Waals surface area contributed by atoms with E-state index >= 15 is 0 Å². The van der Waals surface area contributed by atoms with E-state index in [0.717, 1.165) is 25.0 Å². The van der Waals surface area contributed by atoms with Crippen LogP contribution in [0.4, 0.5) is 5.69 Å². The van der Waals surface area contributed by atoms with Gasteiger partial charge in [-0.1, -0.05) is 24.1 Å². The highest BCUT2D eigenvalue weighted by Crippen LogP contribution is 2.20. The number of benzene rings is 1. The quantitative estimate of drug-likeness (QED) is 0.670. The summed E-state index contributed by atoms with van der Waals surface area (Å²) in [6, 6.07) is 11.2. The van der Waals surface area contributed by atoms with E-state index in [0.29, 0.717) is 24.5 Å². The number of hydrogen-bond acceptors (Lipinski definition) is 4. The Morgan fingerprint density at radius 1 is 1.04 bits per heavy atom. The lowest BCUT2D eigenvalue weighted by Gasteiger charge is -2.07. The molecule has 2 aromatic rings. The van der Waals surface area contributed by atoms with Gasteiger partial charge in [-0.15, -0.1) is 0 Å². The second kappa shape index (κ2) is 10.2. The first-order chi connectivity index (χ1) is 12.5. The van der Waals surface area contributed by atoms with E-state index in [2.05, 4.69) is 15.6 Å². The SMILES string of the molecule is CC(=O)NCCCCCC(=O)Nc1ccc(Oc2ccc(C)cc2)nc1. The van der Waals surface area contributed by atoms with Crippen molar-refractivity contribution in [1.82, 2.24) is 10.3 Å². The number of nitrogens with one attached hydrogen (secondary N) is 2. The molecule has 0 atom stereocenters. The highest BCUT2D eigenvalue weighted by atomic mass is 16.5. The molecule has 6 nitrogen and oxygen atoms in total. The number of rotatable bonds is 9. The Labute approximate surface area is 154 Å². The summed E-state index contributed by atoms with van der Waals surface area (Å²) >= 11 is 0. The van der Waals surface area contributed by atoms with Crippen LogP contribution in [-0.4, -0.2) is 23.3 Å². The predicted molar refractivity (Wildman–Crippen MR) is 101 cm³/mol. The minimum absolute atomic E-state index is 0.0231. The summed E-state index contributed by atoms with van der Waals surface area (Å²) < 4.78 is 5.66. The van der Waals surface area contributed by atoms with Crippen LogP contribution in [0.2, 0.25) is 0 Å². The highest BCUT2D eigenvalue weighted by molar-refractivity contribution is 5.90. The van der Waals surface area contributed by atoms with Gasteiger partial charge < -0.3 is 15.4 Å². The number of carbonyl (C=O) groups excluding carboxylic acids is 2. The maximum absolute atomic E-state index is 11.9. The average molecular weight is 355 g/mol. The van der Waals surface area contributed by atoms with E-state index in [1.165, 1.54) is 12.5 Å². The van der Waals surface area contributed by atoms with E-state index in [1.807, 2.05) is 31.2 Å². The molecule has 0 aliphatic carbocycles. The lowest BCUT2D eigenvalue weighted by atomic mass is 10.2. The number of pyridine rings is 1. The van der Waals surface area contributed by atoms with Gasteiger partial charge in [0, 0.05) is 26.0 Å². The standard InChI is InChI=1S/C20H25N3O3/c1-15-7-10-18(11-8-15)26-20-12-9-17(14-22-20)23-19(25)6-4-3-5-13-21-16(2)24/h7-12,14H,3-6,13H2,1-2H3,(H,21,24)(H,23,25). The fourth-order valence-corrected chi connectivity index (χ4v) is 2.32. The minimum Gasteiger partial charge on any atom is -0.439 e. The molecule has 26 heavy (non-hydrogen) atoms. The lowest BCUT2D eigenvalue weighted by Crippen LogP contribution is -2.20. The molecule has 2 N–H and O–H groups in total. The summed E-state index contributed by atoms with van der Waals surface area (Å²) in [5.74, 6) is 1.13. The van der Waals surface area contributed by atoms with Gasteiger partial charge in [-0.25, -0.2) is 4.98 Å². The monoisotopic (exact) mass is 355 g/mol. The lowest BCUT2D eigenvalue weighted by molar-refractivity contribution is -0.119. The molecule has 0 spiro atoms. The van der Waals surface area contributed by atoms with E-state index in [1.54, 1.807) is 18.3 Å². The van der Waals surface area contributed by atoms with Crippen LogP contribution in [0.1, 0.15) is 38.2 Å². The summed E-state index contributed by atoms with van der Waals surface area (Å²) in [5, 5.41) is 5.56. The summed E-state index contributed by atoms with van der Waals surface area (Å²) in [6.45, 7) is 4.17. The zero-order valence-corrected chi connectivity index (χ0v) is 15.2. The van der Waals surface area contributed by atoms with Crippen molar-refractivity contribution in [3.63, 3.8) is 0 Å². The van der Waals surface area contributed by atoms with Gasteiger partial charge in [-0.2, -0.15) is 0 Å². The van der Waals surface area contributed by atoms with Crippen LogP contribution in [-0.2, 0) is 9.59 Å². The molecule has 0 saturated heterocycles. The number of nitrogens with zero attached hydrogens (tertiary/aromatic N) is 1. The molecule has 6 heteroatoms. The van der Waals surface area contributed by atoms with Crippen molar-refractivity contribution in [2.24, 2.45) is 0 Å². The van der Waals surface area contributed by atoms with Crippen molar-refractivity contribution in [3.05, 3.63) is 48.2 Å². The van der Waals surface area contributed by atoms with E-state index in [4.69, 9.17) is 4.74 Å². The van der Waals surface area contributed by atoms with Crippen LogP contribution < -0.4 is 15.4 Å². The fourth-order valence-electron chi connectivity index (χ4n) is 2.32. The third-order valence-electron chi connectivity index (χ3n) is 3.72. The van der Waals surface area contributed by atoms with Gasteiger partial charge in [0.1, 0.15) is 5.75 Å². The molecule has 138 valence electrons. The van der Waals surface area contributed by atoms with Crippen molar-refractivity contribution in [2.45, 2.75) is 39.5 Å². The van der Waals surface area contributed by atoms with Crippen molar-refractivity contribution in [2.75, 3.05) is 11.9 Å². The molecular weight excluding hydrogens is 330 g/mol. The third-order valence-corrected chi connectivity index (χ3v) is 3.72. The number of amides is 2. The number of hydrogen-bond donors (Lipinski definition) is 2. The number of aryl methyl sites for hydroxylation is 1. The molecule has 0 unspecified atom stereocenters. The van der Waals surface area contributed by atoms with E-state index in [9.17, 15) is 9.59 Å². The molecule has 0 aliphatic heterocycles. The van der Waals surface area contributed by atoms with Crippen molar-refractivity contribution >= 4 is 17.5 Å². The second-order valence-electron chi connectivity index (χ2n) is 6.14. The fraction of sp³-hybridized carbons (Fsp3) is 0.350. The van der Waals surface area contributed by atoms with Crippen molar-refractivity contribution in [3.8, 4) is 11.6 Å². The molecule has 0 fully saturated rings. The second-order valence-corrected chi connectivity index (χ2v) is 6.14. The summed E-state index contributed by atoms with van der Waals surface area (Å²) in [5.41, 5.74) is 1.81. The van der Waals surface area contributed by atoms with Gasteiger partial charge >= 0.3 is 0 Å². The van der Waals surface area contributed by atoms with Gasteiger partial charge in [0.25, 0.3) is 0 Å². The van der Waals surface area contributed by atoms with Crippen LogP contribution in [0.15, 0.2) is 42.6 Å². The summed E-state index contributed by atoms with van der Waals surface area (Å²) in [4.78, 5) is 26.9. The molecule has 0 bridgehead atoms. The van der Waals surface area contributed by atoms with Gasteiger partial charge in [0.05, 0.1) is 11.9 Å². The third kappa shape index (κ3) is 7.34. The first-order valence-corrected chi connectivity index (χ1v) is 8.78. The molecule has 0 radical (unpaired) electrons. The van der Waals surface area contributed by atoms with Crippen molar-refractivity contribution < 1.29 is 14.3 Å². The number of carbonyl (C=O) groups is 2. The predicted octanol–water partition coefficient (Wildman–Crippen LogP) is 3.82. The molecule has 2 amide bonds. The number of ether oxygens (including phenoxy) is 1. The smallest absolute Gasteiger partial charge is 0.224 e. The normalized spacial score (nSPS) is 10.2. The molecule has 1 heterocycles. The largest absolute Gasteiger partial charge is 0.439 e. The Balaban J connectivity index is 1.70. The zero-order valence-electron chi connectivity index (χ0n) is 15.2. The molecule has 1 aromatic carbocycles. The molecular formula is C20H25N3O3. The Bertz CT molecular complexity index is 712. The zero-order chi connectivity index (χ0) is 18.8. The minimum atomic E-state index is -0.0430. The number of aromatic nitrogens is 1. The van der Waals surface area contributed by atoms with Gasteiger partial charge in [-0.05, 0) is 38.0 Å². The first kappa shape index (κ1) is 19.4. The van der Waals surface area contributed by atoms with Gasteiger partial charge in [-0.3, -0.25) is 9.59 Å². The molecule has 0 saturated carbocycles. The van der Waals surface area contributed by atoms with Crippen molar-refractivity contribution in [1.29, 1.82) is 0 Å². The van der Waals surface area contributed by atoms with Crippen LogP contribution in [0, 0.1) is 6.92 Å². The average Bonchev–Trinajstić information content (AvgIpc) is 2.61. The van der Waals surface area contributed by atoms with Gasteiger partial charge in [0.15, 0.2) is 0 Å². The Hall–Kier alpha value is -2.89. The van der Waals surface area contributed by atoms with E-state index < -0.39 is 0 Å². The van der Waals surface area contributed by atoms with Gasteiger partial charge in [0.2, 0.25) is 17.7 Å². The summed E-state index contributed by atoms with van der Waals surface area (Å²) in [7, 11) is 0. The van der Waals surface area contributed by atoms with Crippen LogP contribution in [0.5, 0.6) is 11.6 Å². The topological polar surface area (TPSA) is 80.3 Å². The Kier molecular flexibility index (Phi) is 7.61. The van der Waals surface area contributed by atoms with Crippen LogP contribution >= 0.6 is 0 Å². The molecule has 2 rings (SSSR count). The number of unbranched alkanes of at least 4 members (excludes halogenated alkanes) is 2. The number of anilines is 1. The van der Waals surface area contributed by atoms with Crippen LogP contribution in [0.3, 0.4) is 0 Å². The van der Waals surface area contributed by atoms with E-state index in [-0.39, 0.29) is 11.8 Å². The first-order valence-electron chi connectivity index (χ1n) is 8.78. The summed E-state index contributed by atoms with van der Waals surface area (Å²) in [6.07, 6.45) is 4.59. The Morgan fingerprint density at radius 3 is 2.46 bits per heavy atom. The maximum Gasteiger partial charge on any atom is 0.224 e.